The van der Waals surface area contributed by atoms with Gasteiger partial charge in [0.15, 0.2) is 5.78 Å². The molecule has 27 heavy (non-hydrogen) atoms. The number of hydrogen-bond donors (Lipinski definition) is 2. The van der Waals surface area contributed by atoms with Gasteiger partial charge in [-0.2, -0.15) is 5.10 Å². The van der Waals surface area contributed by atoms with E-state index in [-0.39, 0.29) is 23.0 Å². The molecule has 0 amide bonds. The second-order valence-electron chi connectivity index (χ2n) is 6.55. The Morgan fingerprint density at radius 3 is 2.59 bits per heavy atom. The summed E-state index contributed by atoms with van der Waals surface area (Å²) >= 11 is 0. The van der Waals surface area contributed by atoms with E-state index in [0.29, 0.717) is 16.8 Å². The first-order valence-electron chi connectivity index (χ1n) is 8.24. The zero-order chi connectivity index (χ0) is 19.6. The van der Waals surface area contributed by atoms with Crippen molar-refractivity contribution in [3.05, 3.63) is 77.2 Å². The lowest BCUT2D eigenvalue weighted by atomic mass is 10.0. The van der Waals surface area contributed by atoms with Gasteiger partial charge in [0.2, 0.25) is 0 Å². The molecule has 3 rings (SSSR count). The minimum absolute atomic E-state index is 0.166. The zero-order valence-electron chi connectivity index (χ0n) is 14.9. The highest BCUT2D eigenvalue weighted by molar-refractivity contribution is 6.11. The van der Waals surface area contributed by atoms with Crippen LogP contribution in [-0.4, -0.2) is 26.3 Å². The van der Waals surface area contributed by atoms with Crippen molar-refractivity contribution in [2.24, 2.45) is 0 Å². The first kappa shape index (κ1) is 18.4. The number of anilines is 1. The largest absolute Gasteiger partial charge is 0.383 e. The Labute approximate surface area is 156 Å². The minimum Gasteiger partial charge on any atom is -0.383 e. The number of carbonyl (C=O) groups excluding carboxylic acids is 1. The molecule has 1 heterocycles. The summed E-state index contributed by atoms with van der Waals surface area (Å²) in [7, 11) is 0. The number of carbonyl (C=O) groups is 1. The number of hydrogen-bond acceptors (Lipinski definition) is 4. The van der Waals surface area contributed by atoms with Crippen molar-refractivity contribution in [2.45, 2.75) is 19.4 Å². The molecule has 3 N–H and O–H groups in total. The van der Waals surface area contributed by atoms with Crippen molar-refractivity contribution in [1.82, 2.24) is 9.78 Å². The van der Waals surface area contributed by atoms with Crippen molar-refractivity contribution >= 4 is 11.6 Å². The minimum atomic E-state index is -1.12. The summed E-state index contributed by atoms with van der Waals surface area (Å²) in [5.41, 5.74) is 6.77. The summed E-state index contributed by atoms with van der Waals surface area (Å²) in [6, 6.07) is 12.4. The summed E-state index contributed by atoms with van der Waals surface area (Å²) in [4.78, 5) is 12.8. The molecule has 0 spiro atoms. The summed E-state index contributed by atoms with van der Waals surface area (Å²) in [6.45, 7) is 3.17. The number of ketones is 1. The predicted molar refractivity (Wildman–Crippen MR) is 101 cm³/mol. The molecule has 3 aromatic rings. The Morgan fingerprint density at radius 1 is 1.22 bits per heavy atom. The van der Waals surface area contributed by atoms with E-state index in [2.05, 4.69) is 16.9 Å². The normalized spacial score (nSPS) is 11.0. The second-order valence-corrected chi connectivity index (χ2v) is 6.55. The van der Waals surface area contributed by atoms with Crippen LogP contribution >= 0.6 is 0 Å². The highest BCUT2D eigenvalue weighted by atomic mass is 19.1. The van der Waals surface area contributed by atoms with Gasteiger partial charge in [0.25, 0.3) is 0 Å². The maximum Gasteiger partial charge on any atom is 0.198 e. The highest BCUT2D eigenvalue weighted by Crippen LogP contribution is 2.21. The van der Waals surface area contributed by atoms with Gasteiger partial charge in [0.05, 0.1) is 17.4 Å². The SMILES string of the molecule is CC(C)(O)C#Cc1cccc(C(=O)c2cnn(-c3ccc(F)cc3)c2N)c1. The Morgan fingerprint density at radius 2 is 1.93 bits per heavy atom. The molecule has 2 aromatic carbocycles. The standard InChI is InChI=1S/C21H18FN3O2/c1-21(2,27)11-10-14-4-3-5-15(12-14)19(26)18-13-24-25(20(18)23)17-8-6-16(22)7-9-17/h3-9,12-13,27H,23H2,1-2H3. The van der Waals surface area contributed by atoms with E-state index < -0.39 is 5.60 Å². The van der Waals surface area contributed by atoms with Crippen LogP contribution in [0.5, 0.6) is 0 Å². The molecule has 0 aliphatic heterocycles. The average molecular weight is 363 g/mol. The fourth-order valence-electron chi connectivity index (χ4n) is 2.44. The molecule has 5 nitrogen and oxygen atoms in total. The fraction of sp³-hybridized carbons (Fsp3) is 0.143. The number of benzene rings is 2. The number of rotatable bonds is 3. The van der Waals surface area contributed by atoms with Crippen LogP contribution in [0.4, 0.5) is 10.2 Å². The Bertz CT molecular complexity index is 1050. The van der Waals surface area contributed by atoms with Gasteiger partial charge < -0.3 is 10.8 Å². The molecule has 0 saturated heterocycles. The van der Waals surface area contributed by atoms with Crippen molar-refractivity contribution < 1.29 is 14.3 Å². The molecule has 0 fully saturated rings. The Hall–Kier alpha value is -3.43. The van der Waals surface area contributed by atoms with E-state index in [1.165, 1.54) is 35.1 Å². The number of nitrogens with zero attached hydrogens (tertiary/aromatic N) is 2. The molecule has 0 saturated carbocycles. The lowest BCUT2D eigenvalue weighted by Crippen LogP contribution is -2.14. The quantitative estimate of drug-likeness (QED) is 0.554. The molecule has 0 atom stereocenters. The van der Waals surface area contributed by atoms with Crippen LogP contribution in [0.15, 0.2) is 54.7 Å². The van der Waals surface area contributed by atoms with Crippen LogP contribution < -0.4 is 5.73 Å². The number of aliphatic hydroxyl groups is 1. The first-order valence-corrected chi connectivity index (χ1v) is 8.24. The zero-order valence-corrected chi connectivity index (χ0v) is 14.9. The molecule has 1 aromatic heterocycles. The number of nitrogen functional groups attached to an aromatic ring is 1. The van der Waals surface area contributed by atoms with Crippen LogP contribution in [-0.2, 0) is 0 Å². The highest BCUT2D eigenvalue weighted by Gasteiger charge is 2.18. The monoisotopic (exact) mass is 363 g/mol. The molecule has 0 aliphatic rings. The van der Waals surface area contributed by atoms with Crippen LogP contribution in [0.2, 0.25) is 0 Å². The van der Waals surface area contributed by atoms with Crippen LogP contribution in [0.25, 0.3) is 5.69 Å². The summed E-state index contributed by atoms with van der Waals surface area (Å²) in [5, 5.41) is 13.8. The van der Waals surface area contributed by atoms with Gasteiger partial charge in [-0.15, -0.1) is 0 Å². The Kier molecular flexibility index (Phi) is 4.80. The van der Waals surface area contributed by atoms with Crippen molar-refractivity contribution in [3.8, 4) is 17.5 Å². The summed E-state index contributed by atoms with van der Waals surface area (Å²) < 4.78 is 14.5. The lowest BCUT2D eigenvalue weighted by molar-refractivity contribution is 0.103. The van der Waals surface area contributed by atoms with Gasteiger partial charge in [-0.1, -0.05) is 24.0 Å². The molecular weight excluding hydrogens is 345 g/mol. The van der Waals surface area contributed by atoms with Gasteiger partial charge in [0.1, 0.15) is 17.2 Å². The van der Waals surface area contributed by atoms with E-state index >= 15 is 0 Å². The summed E-state index contributed by atoms with van der Waals surface area (Å²) in [6.07, 6.45) is 1.39. The van der Waals surface area contributed by atoms with E-state index in [9.17, 15) is 14.3 Å². The van der Waals surface area contributed by atoms with Crippen LogP contribution in [0, 0.1) is 17.7 Å². The molecule has 0 bridgehead atoms. The lowest BCUT2D eigenvalue weighted by Gasteiger charge is -2.06. The molecular formula is C21H18FN3O2. The van der Waals surface area contributed by atoms with Crippen molar-refractivity contribution in [2.75, 3.05) is 5.73 Å². The number of nitrogens with two attached hydrogens (primary N) is 1. The van der Waals surface area contributed by atoms with E-state index in [1.807, 2.05) is 0 Å². The third-order valence-electron chi connectivity index (χ3n) is 3.76. The smallest absolute Gasteiger partial charge is 0.198 e. The van der Waals surface area contributed by atoms with Gasteiger partial charge in [-0.25, -0.2) is 9.07 Å². The third kappa shape index (κ3) is 4.22. The third-order valence-corrected chi connectivity index (χ3v) is 3.76. The summed E-state index contributed by atoms with van der Waals surface area (Å²) in [5.74, 6) is 5.05. The Balaban J connectivity index is 1.93. The van der Waals surface area contributed by atoms with E-state index in [4.69, 9.17) is 5.73 Å². The average Bonchev–Trinajstić information content (AvgIpc) is 3.01. The second kappa shape index (κ2) is 7.06. The van der Waals surface area contributed by atoms with Crippen molar-refractivity contribution in [3.63, 3.8) is 0 Å². The number of halogens is 1. The first-order chi connectivity index (χ1) is 12.7. The molecule has 6 heteroatoms. The molecule has 136 valence electrons. The molecule has 0 aliphatic carbocycles. The topological polar surface area (TPSA) is 81.1 Å². The van der Waals surface area contributed by atoms with E-state index in [1.54, 1.807) is 38.1 Å². The van der Waals surface area contributed by atoms with Crippen LogP contribution in [0.3, 0.4) is 0 Å². The van der Waals surface area contributed by atoms with Gasteiger partial charge in [-0.05, 0) is 50.2 Å². The van der Waals surface area contributed by atoms with Crippen molar-refractivity contribution in [1.29, 1.82) is 0 Å². The number of aromatic nitrogens is 2. The maximum absolute atomic E-state index is 13.1. The van der Waals surface area contributed by atoms with Gasteiger partial charge >= 0.3 is 0 Å². The maximum atomic E-state index is 13.1. The fourth-order valence-corrected chi connectivity index (χ4v) is 2.44. The van der Waals surface area contributed by atoms with Crippen LogP contribution in [0.1, 0.15) is 35.3 Å². The van der Waals surface area contributed by atoms with Gasteiger partial charge in [0, 0.05) is 11.1 Å². The van der Waals surface area contributed by atoms with Gasteiger partial charge in [-0.3, -0.25) is 4.79 Å². The molecule has 0 radical (unpaired) electrons. The predicted octanol–water partition coefficient (Wildman–Crippen LogP) is 2.95. The molecule has 0 unspecified atom stereocenters. The van der Waals surface area contributed by atoms with E-state index in [0.717, 1.165) is 0 Å².